The van der Waals surface area contributed by atoms with E-state index in [4.69, 9.17) is 16.3 Å². The summed E-state index contributed by atoms with van der Waals surface area (Å²) >= 11 is 6.54. The van der Waals surface area contributed by atoms with Crippen LogP contribution in [0, 0.1) is 18.3 Å². The van der Waals surface area contributed by atoms with Crippen LogP contribution >= 0.6 is 11.6 Å². The number of nitrogens with zero attached hydrogens (tertiary/aromatic N) is 4. The zero-order valence-corrected chi connectivity index (χ0v) is 15.2. The van der Waals surface area contributed by atoms with E-state index >= 15 is 0 Å². The maximum absolute atomic E-state index is 9.48. The summed E-state index contributed by atoms with van der Waals surface area (Å²) in [6.45, 7) is 2.38. The lowest BCUT2D eigenvalue weighted by atomic mass is 10.1. The van der Waals surface area contributed by atoms with E-state index in [0.717, 1.165) is 22.6 Å². The number of aryl methyl sites for hydroxylation is 1. The van der Waals surface area contributed by atoms with Crippen molar-refractivity contribution < 1.29 is 4.74 Å². The van der Waals surface area contributed by atoms with Crippen molar-refractivity contribution in [1.82, 2.24) is 14.8 Å². The molecular weight excluding hydrogens is 348 g/mol. The monoisotopic (exact) mass is 364 g/mol. The predicted molar refractivity (Wildman–Crippen MR) is 102 cm³/mol. The van der Waals surface area contributed by atoms with E-state index in [1.807, 2.05) is 43.3 Å². The summed E-state index contributed by atoms with van der Waals surface area (Å²) in [6.07, 6.45) is 3.39. The number of halogens is 1. The molecule has 130 valence electrons. The molecule has 0 N–H and O–H groups in total. The first-order valence-corrected chi connectivity index (χ1v) is 8.39. The van der Waals surface area contributed by atoms with Crippen LogP contribution < -0.4 is 4.74 Å². The third-order valence-corrected chi connectivity index (χ3v) is 4.32. The van der Waals surface area contributed by atoms with Crippen LogP contribution in [0.2, 0.25) is 5.15 Å². The number of aromatic nitrogens is 3. The number of rotatable bonds is 5. The molecular formula is C20H17ClN4O. The van der Waals surface area contributed by atoms with E-state index in [0.29, 0.717) is 23.0 Å². The molecule has 1 aromatic carbocycles. The molecule has 0 bridgehead atoms. The van der Waals surface area contributed by atoms with Gasteiger partial charge in [0.05, 0.1) is 30.6 Å². The summed E-state index contributed by atoms with van der Waals surface area (Å²) in [5.74, 6) is 0.782. The largest absolute Gasteiger partial charge is 0.497 e. The molecule has 0 fully saturated rings. The minimum Gasteiger partial charge on any atom is -0.497 e. The Bertz CT molecular complexity index is 987. The van der Waals surface area contributed by atoms with Crippen molar-refractivity contribution in [3.8, 4) is 11.8 Å². The van der Waals surface area contributed by atoms with Gasteiger partial charge >= 0.3 is 0 Å². The topological polar surface area (TPSA) is 63.7 Å². The third kappa shape index (κ3) is 3.76. The average Bonchev–Trinajstić information content (AvgIpc) is 2.93. The van der Waals surface area contributed by atoms with Gasteiger partial charge in [0.25, 0.3) is 0 Å². The molecule has 6 heteroatoms. The van der Waals surface area contributed by atoms with Gasteiger partial charge in [0.15, 0.2) is 0 Å². The zero-order chi connectivity index (χ0) is 18.5. The molecule has 0 amide bonds. The summed E-state index contributed by atoms with van der Waals surface area (Å²) < 4.78 is 6.97. The van der Waals surface area contributed by atoms with E-state index in [2.05, 4.69) is 16.2 Å². The molecule has 0 unspecified atom stereocenters. The minimum absolute atomic E-state index is 0.441. The summed E-state index contributed by atoms with van der Waals surface area (Å²) in [5, 5.41) is 14.5. The van der Waals surface area contributed by atoms with Crippen LogP contribution in [0.25, 0.3) is 11.6 Å². The SMILES string of the molecule is COc1cccc(Cn2nc(C)c(C=C(C#N)c3ccccn3)c2Cl)c1. The highest BCUT2D eigenvalue weighted by molar-refractivity contribution is 6.31. The molecule has 3 rings (SSSR count). The molecule has 0 radical (unpaired) electrons. The summed E-state index contributed by atoms with van der Waals surface area (Å²) in [7, 11) is 1.63. The Balaban J connectivity index is 1.95. The van der Waals surface area contributed by atoms with Crippen LogP contribution in [-0.4, -0.2) is 21.9 Å². The summed E-state index contributed by atoms with van der Waals surface area (Å²) in [4.78, 5) is 4.22. The zero-order valence-electron chi connectivity index (χ0n) is 14.5. The minimum atomic E-state index is 0.441. The van der Waals surface area contributed by atoms with E-state index in [9.17, 15) is 5.26 Å². The summed E-state index contributed by atoms with van der Waals surface area (Å²) in [6, 6.07) is 15.4. The van der Waals surface area contributed by atoms with Gasteiger partial charge in [-0.15, -0.1) is 0 Å². The second-order valence-electron chi connectivity index (χ2n) is 5.68. The van der Waals surface area contributed by atoms with Crippen LogP contribution in [0.3, 0.4) is 0 Å². The van der Waals surface area contributed by atoms with Gasteiger partial charge < -0.3 is 4.74 Å². The number of pyridine rings is 1. The standard InChI is InChI=1S/C20H17ClN4O/c1-14-18(11-16(12-22)19-8-3-4-9-23-19)20(21)25(24-14)13-15-6-5-7-17(10-15)26-2/h3-11H,13H2,1-2H3. The Labute approximate surface area is 157 Å². The molecule has 0 spiro atoms. The first-order chi connectivity index (χ1) is 12.6. The maximum Gasteiger partial charge on any atom is 0.134 e. The van der Waals surface area contributed by atoms with Gasteiger partial charge in [-0.05, 0) is 42.8 Å². The van der Waals surface area contributed by atoms with E-state index in [-0.39, 0.29) is 0 Å². The second kappa shape index (κ2) is 7.85. The fourth-order valence-electron chi connectivity index (χ4n) is 2.61. The number of hydrogen-bond donors (Lipinski definition) is 0. The smallest absolute Gasteiger partial charge is 0.134 e. The van der Waals surface area contributed by atoms with Crippen molar-refractivity contribution in [1.29, 1.82) is 5.26 Å². The van der Waals surface area contributed by atoms with Crippen molar-refractivity contribution >= 4 is 23.3 Å². The molecule has 0 saturated carbocycles. The Kier molecular flexibility index (Phi) is 5.35. The van der Waals surface area contributed by atoms with E-state index in [1.54, 1.807) is 30.1 Å². The van der Waals surface area contributed by atoms with Gasteiger partial charge in [0.1, 0.15) is 17.0 Å². The van der Waals surface area contributed by atoms with Crippen molar-refractivity contribution in [2.24, 2.45) is 0 Å². The van der Waals surface area contributed by atoms with Crippen LogP contribution in [0.4, 0.5) is 0 Å². The van der Waals surface area contributed by atoms with Gasteiger partial charge in [0, 0.05) is 11.8 Å². The van der Waals surface area contributed by atoms with Crippen molar-refractivity contribution in [2.45, 2.75) is 13.5 Å². The molecule has 0 aliphatic carbocycles. The van der Waals surface area contributed by atoms with Crippen molar-refractivity contribution in [2.75, 3.05) is 7.11 Å². The Morgan fingerprint density at radius 2 is 2.15 bits per heavy atom. The Hall–Kier alpha value is -3.10. The number of ether oxygens (including phenoxy) is 1. The molecule has 0 aliphatic heterocycles. The fourth-order valence-corrected chi connectivity index (χ4v) is 2.90. The first kappa shape index (κ1) is 17.7. The third-order valence-electron chi connectivity index (χ3n) is 3.93. The molecule has 5 nitrogen and oxygen atoms in total. The van der Waals surface area contributed by atoms with Crippen LogP contribution in [0.1, 0.15) is 22.5 Å². The normalized spacial score (nSPS) is 11.2. The molecule has 0 atom stereocenters. The molecule has 0 aliphatic rings. The molecule has 3 aromatic rings. The molecule has 26 heavy (non-hydrogen) atoms. The van der Waals surface area contributed by atoms with Gasteiger partial charge in [-0.2, -0.15) is 10.4 Å². The molecule has 2 heterocycles. The van der Waals surface area contributed by atoms with Crippen LogP contribution in [0.15, 0.2) is 48.7 Å². The number of nitriles is 1. The molecule has 0 saturated heterocycles. The van der Waals surface area contributed by atoms with E-state index < -0.39 is 0 Å². The van der Waals surface area contributed by atoms with Gasteiger partial charge in [0.2, 0.25) is 0 Å². The highest BCUT2D eigenvalue weighted by atomic mass is 35.5. The first-order valence-electron chi connectivity index (χ1n) is 8.01. The van der Waals surface area contributed by atoms with Crippen molar-refractivity contribution in [3.63, 3.8) is 0 Å². The fraction of sp³-hybridized carbons (Fsp3) is 0.150. The lowest BCUT2D eigenvalue weighted by Gasteiger charge is -2.06. The number of benzene rings is 1. The van der Waals surface area contributed by atoms with Crippen molar-refractivity contribution in [3.05, 3.63) is 76.3 Å². The number of allylic oxidation sites excluding steroid dienone is 1. The number of hydrogen-bond acceptors (Lipinski definition) is 4. The average molecular weight is 365 g/mol. The second-order valence-corrected chi connectivity index (χ2v) is 6.04. The predicted octanol–water partition coefficient (Wildman–Crippen LogP) is 4.36. The maximum atomic E-state index is 9.48. The Morgan fingerprint density at radius 3 is 2.85 bits per heavy atom. The summed E-state index contributed by atoms with van der Waals surface area (Å²) in [5.41, 5.74) is 3.54. The highest BCUT2D eigenvalue weighted by Gasteiger charge is 2.14. The quantitative estimate of drug-likeness (QED) is 0.631. The lowest BCUT2D eigenvalue weighted by molar-refractivity contribution is 0.414. The van der Waals surface area contributed by atoms with Gasteiger partial charge in [-0.25, -0.2) is 4.68 Å². The van der Waals surface area contributed by atoms with Crippen LogP contribution in [0.5, 0.6) is 5.75 Å². The number of methoxy groups -OCH3 is 1. The molecule has 2 aromatic heterocycles. The van der Waals surface area contributed by atoms with Crippen LogP contribution in [-0.2, 0) is 6.54 Å². The van der Waals surface area contributed by atoms with E-state index in [1.165, 1.54) is 0 Å². The highest BCUT2D eigenvalue weighted by Crippen LogP contribution is 2.26. The Morgan fingerprint density at radius 1 is 1.31 bits per heavy atom. The van der Waals surface area contributed by atoms with Gasteiger partial charge in [-0.3, -0.25) is 4.98 Å². The lowest BCUT2D eigenvalue weighted by Crippen LogP contribution is -2.02. The van der Waals surface area contributed by atoms with Gasteiger partial charge in [-0.1, -0.05) is 29.8 Å².